The lowest BCUT2D eigenvalue weighted by Crippen LogP contribution is -2.27. The first kappa shape index (κ1) is 14.8. The average Bonchev–Trinajstić information content (AvgIpc) is 2.82. The summed E-state index contributed by atoms with van der Waals surface area (Å²) >= 11 is 0. The number of amides is 1. The fourth-order valence-electron chi connectivity index (χ4n) is 2.44. The van der Waals surface area contributed by atoms with Gasteiger partial charge in [0.1, 0.15) is 6.17 Å². The van der Waals surface area contributed by atoms with E-state index in [2.05, 4.69) is 5.10 Å². The molecular weight excluding hydrogens is 265 g/mol. The highest BCUT2D eigenvalue weighted by Gasteiger charge is 2.36. The maximum atomic E-state index is 13.4. The first-order valence-corrected chi connectivity index (χ1v) is 6.58. The van der Waals surface area contributed by atoms with Crippen molar-refractivity contribution >= 4 is 6.09 Å². The Bertz CT molecular complexity index is 499. The predicted octanol–water partition coefficient (Wildman–Crippen LogP) is 1.67. The Morgan fingerprint density at radius 2 is 2.20 bits per heavy atom. The number of primary amides is 1. The van der Waals surface area contributed by atoms with Gasteiger partial charge in [0.05, 0.1) is 17.3 Å². The van der Waals surface area contributed by atoms with E-state index in [0.717, 1.165) is 0 Å². The Morgan fingerprint density at radius 1 is 1.55 bits per heavy atom. The van der Waals surface area contributed by atoms with E-state index in [1.807, 2.05) is 20.8 Å². The topological polar surface area (TPSA) is 90.4 Å². The summed E-state index contributed by atoms with van der Waals surface area (Å²) in [4.78, 5) is 10.9. The third kappa shape index (κ3) is 2.92. The summed E-state index contributed by atoms with van der Waals surface area (Å²) in [5.41, 5.74) is 5.24. The first-order valence-electron chi connectivity index (χ1n) is 6.58. The summed E-state index contributed by atoms with van der Waals surface area (Å²) in [5.74, 6) is 0.0515. The maximum Gasteiger partial charge on any atom is 0.411 e. The molecule has 112 valence electrons. The van der Waals surface area contributed by atoms with Gasteiger partial charge in [-0.25, -0.2) is 13.9 Å². The third-order valence-corrected chi connectivity index (χ3v) is 3.41. The van der Waals surface area contributed by atoms with E-state index in [1.165, 1.54) is 0 Å². The largest absolute Gasteiger partial charge is 0.411 e. The van der Waals surface area contributed by atoms with E-state index >= 15 is 0 Å². The van der Waals surface area contributed by atoms with E-state index in [0.29, 0.717) is 12.1 Å². The molecule has 1 aliphatic rings. The molecule has 2 rings (SSSR count). The fourth-order valence-corrected chi connectivity index (χ4v) is 2.44. The number of nitrogens with two attached hydrogens (primary N) is 1. The lowest BCUT2D eigenvalue weighted by Gasteiger charge is -2.21. The molecule has 0 spiro atoms. The average molecular weight is 285 g/mol. The smallest absolute Gasteiger partial charge is 0.392 e. The monoisotopic (exact) mass is 285 g/mol. The molecule has 0 bridgehead atoms. The molecule has 1 fully saturated rings. The number of alkyl halides is 1. The molecule has 1 aromatic heterocycles. The molecule has 1 heterocycles. The van der Waals surface area contributed by atoms with Crippen molar-refractivity contribution in [2.75, 3.05) is 0 Å². The van der Waals surface area contributed by atoms with Crippen LogP contribution in [0.3, 0.4) is 0 Å². The van der Waals surface area contributed by atoms with E-state index in [9.17, 15) is 14.3 Å². The van der Waals surface area contributed by atoms with Crippen molar-refractivity contribution in [3.05, 3.63) is 11.8 Å². The molecule has 7 heteroatoms. The number of aliphatic hydroxyl groups excluding tert-OH is 1. The Balaban J connectivity index is 2.32. The number of carbonyl (C=O) groups is 1. The summed E-state index contributed by atoms with van der Waals surface area (Å²) in [6.45, 7) is 5.71. The van der Waals surface area contributed by atoms with Crippen molar-refractivity contribution in [2.24, 2.45) is 5.73 Å². The Kier molecular flexibility index (Phi) is 3.73. The van der Waals surface area contributed by atoms with E-state index in [1.54, 1.807) is 10.7 Å². The Hall–Kier alpha value is -1.63. The van der Waals surface area contributed by atoms with Crippen molar-refractivity contribution in [2.45, 2.75) is 57.3 Å². The van der Waals surface area contributed by atoms with Gasteiger partial charge in [-0.1, -0.05) is 0 Å². The molecule has 1 saturated carbocycles. The molecule has 20 heavy (non-hydrogen) atoms. The lowest BCUT2D eigenvalue weighted by molar-refractivity contribution is 0.103. The van der Waals surface area contributed by atoms with E-state index in [-0.39, 0.29) is 18.2 Å². The van der Waals surface area contributed by atoms with Gasteiger partial charge < -0.3 is 15.6 Å². The predicted molar refractivity (Wildman–Crippen MR) is 70.3 cm³/mol. The van der Waals surface area contributed by atoms with Crippen molar-refractivity contribution in [3.63, 3.8) is 0 Å². The van der Waals surface area contributed by atoms with Crippen molar-refractivity contribution < 1.29 is 19.0 Å². The second-order valence-electron chi connectivity index (χ2n) is 6.16. The van der Waals surface area contributed by atoms with Crippen molar-refractivity contribution in [1.29, 1.82) is 0 Å². The Labute approximate surface area is 116 Å². The van der Waals surface area contributed by atoms with Gasteiger partial charge in [-0.3, -0.25) is 0 Å². The van der Waals surface area contributed by atoms with Crippen LogP contribution >= 0.6 is 0 Å². The van der Waals surface area contributed by atoms with Gasteiger partial charge in [0.15, 0.2) is 0 Å². The first-order chi connectivity index (χ1) is 9.18. The zero-order valence-corrected chi connectivity index (χ0v) is 11.8. The SMILES string of the molecule is CC(C)(C)n1nc(C2CC(O)C(F)C2)cc1OC(N)=O. The number of hydrogen-bond acceptors (Lipinski definition) is 4. The highest BCUT2D eigenvalue weighted by atomic mass is 19.1. The molecule has 0 saturated heterocycles. The molecule has 6 nitrogen and oxygen atoms in total. The van der Waals surface area contributed by atoms with E-state index < -0.39 is 23.9 Å². The summed E-state index contributed by atoms with van der Waals surface area (Å²) in [7, 11) is 0. The maximum absolute atomic E-state index is 13.4. The van der Waals surface area contributed by atoms with Gasteiger partial charge in [0.2, 0.25) is 5.88 Å². The van der Waals surface area contributed by atoms with Crippen LogP contribution in [0.25, 0.3) is 0 Å². The number of nitrogens with zero attached hydrogens (tertiary/aromatic N) is 2. The van der Waals surface area contributed by atoms with Crippen LogP contribution in [0.15, 0.2) is 6.07 Å². The summed E-state index contributed by atoms with van der Waals surface area (Å²) in [5, 5.41) is 13.9. The second kappa shape index (κ2) is 5.05. The normalized spacial score (nSPS) is 26.8. The van der Waals surface area contributed by atoms with Gasteiger partial charge in [-0.05, 0) is 33.6 Å². The molecule has 1 aromatic rings. The van der Waals surface area contributed by atoms with Gasteiger partial charge in [-0.15, -0.1) is 0 Å². The molecule has 3 N–H and O–H groups in total. The fraction of sp³-hybridized carbons (Fsp3) is 0.692. The summed E-state index contributed by atoms with van der Waals surface area (Å²) < 4.78 is 19.9. The number of halogens is 1. The number of carbonyl (C=O) groups excluding carboxylic acids is 1. The van der Waals surface area contributed by atoms with Crippen molar-refractivity contribution in [3.8, 4) is 5.88 Å². The number of aromatic nitrogens is 2. The number of ether oxygens (including phenoxy) is 1. The minimum absolute atomic E-state index is 0.182. The van der Waals surface area contributed by atoms with Gasteiger partial charge in [0.25, 0.3) is 0 Å². The van der Waals surface area contributed by atoms with Crippen LogP contribution in [-0.4, -0.2) is 33.3 Å². The van der Waals surface area contributed by atoms with E-state index in [4.69, 9.17) is 10.5 Å². The lowest BCUT2D eigenvalue weighted by atomic mass is 10.0. The number of rotatable bonds is 2. The highest BCUT2D eigenvalue weighted by molar-refractivity contribution is 5.67. The summed E-state index contributed by atoms with van der Waals surface area (Å²) in [6.07, 6.45) is -2.58. The van der Waals surface area contributed by atoms with Crippen LogP contribution in [0.2, 0.25) is 0 Å². The van der Waals surface area contributed by atoms with Crippen LogP contribution < -0.4 is 10.5 Å². The second-order valence-corrected chi connectivity index (χ2v) is 6.16. The molecular formula is C13H20FN3O3. The zero-order chi connectivity index (χ0) is 15.1. The molecule has 3 unspecified atom stereocenters. The van der Waals surface area contributed by atoms with Crippen LogP contribution in [0.5, 0.6) is 5.88 Å². The highest BCUT2D eigenvalue weighted by Crippen LogP contribution is 2.38. The standard InChI is InChI=1S/C13H20FN3O3/c1-13(2,3)17-11(20-12(15)19)6-9(16-17)7-4-8(14)10(18)5-7/h6-8,10,18H,4-5H2,1-3H3,(H2,15,19). The van der Waals surface area contributed by atoms with Gasteiger partial charge in [-0.2, -0.15) is 5.10 Å². The van der Waals surface area contributed by atoms with Crippen LogP contribution in [0, 0.1) is 0 Å². The van der Waals surface area contributed by atoms with Crippen LogP contribution in [0.1, 0.15) is 45.2 Å². The quantitative estimate of drug-likeness (QED) is 0.864. The number of aliphatic hydroxyl groups is 1. The molecule has 0 aliphatic heterocycles. The number of hydrogen-bond donors (Lipinski definition) is 2. The molecule has 1 amide bonds. The molecule has 3 atom stereocenters. The molecule has 0 aromatic carbocycles. The minimum atomic E-state index is -1.24. The van der Waals surface area contributed by atoms with Crippen molar-refractivity contribution in [1.82, 2.24) is 9.78 Å². The summed E-state index contributed by atoms with van der Waals surface area (Å²) in [6, 6.07) is 1.59. The molecule has 0 radical (unpaired) electrons. The zero-order valence-electron chi connectivity index (χ0n) is 11.8. The third-order valence-electron chi connectivity index (χ3n) is 3.41. The van der Waals surface area contributed by atoms with Crippen LogP contribution in [0.4, 0.5) is 9.18 Å². The van der Waals surface area contributed by atoms with Crippen LogP contribution in [-0.2, 0) is 5.54 Å². The molecule has 1 aliphatic carbocycles. The van der Waals surface area contributed by atoms with Gasteiger partial charge >= 0.3 is 6.09 Å². The minimum Gasteiger partial charge on any atom is -0.392 e. The Morgan fingerprint density at radius 3 is 2.65 bits per heavy atom. The van der Waals surface area contributed by atoms with Gasteiger partial charge in [0, 0.05) is 12.0 Å².